The summed E-state index contributed by atoms with van der Waals surface area (Å²) in [6.45, 7) is 13.3. The Morgan fingerprint density at radius 2 is 1.19 bits per heavy atom. The Hall–Kier alpha value is -1.70. The minimum Gasteiger partial charge on any atom is -0.352 e. The Kier molecular flexibility index (Phi) is 8.95. The van der Waals surface area contributed by atoms with Crippen molar-refractivity contribution in [2.45, 2.75) is 160 Å². The minimum atomic E-state index is -0.869. The zero-order valence-electron chi connectivity index (χ0n) is 31.6. The highest BCUT2D eigenvalue weighted by atomic mass is 19.1. The van der Waals surface area contributed by atoms with Crippen molar-refractivity contribution >= 4 is 5.91 Å². The molecular weight excluding hydrogens is 669 g/mol. The summed E-state index contributed by atoms with van der Waals surface area (Å²) in [5, 5.41) is 3.20. The molecule has 2 aliphatic carbocycles. The van der Waals surface area contributed by atoms with Gasteiger partial charge in [0.25, 0.3) is 0 Å². The van der Waals surface area contributed by atoms with Gasteiger partial charge in [-0.25, -0.2) is 23.9 Å². The first-order chi connectivity index (χ1) is 24.8. The summed E-state index contributed by atoms with van der Waals surface area (Å²) in [5.41, 5.74) is -0.488. The number of hydrogen-bond acceptors (Lipinski definition) is 9. The van der Waals surface area contributed by atoms with E-state index in [1.807, 2.05) is 13.8 Å². The summed E-state index contributed by atoms with van der Waals surface area (Å²) in [5.74, 6) is -0.500. The van der Waals surface area contributed by atoms with Gasteiger partial charge in [-0.05, 0) is 118 Å². The van der Waals surface area contributed by atoms with Gasteiger partial charge in [0.2, 0.25) is 17.5 Å². The van der Waals surface area contributed by atoms with E-state index in [4.69, 9.17) is 38.5 Å². The molecule has 8 saturated heterocycles. The zero-order chi connectivity index (χ0) is 36.2. The van der Waals surface area contributed by atoms with Gasteiger partial charge in [-0.2, -0.15) is 0 Å². The molecule has 2 saturated carbocycles. The molecule has 1 amide bonds. The number of carbonyl (C=O) groups is 1. The third-order valence-corrected chi connectivity index (χ3v) is 15.4. The lowest BCUT2D eigenvalue weighted by Crippen LogP contribution is -2.70. The maximum absolute atomic E-state index is 14.4. The average molecular weight is 728 g/mol. The van der Waals surface area contributed by atoms with Crippen LogP contribution in [0.5, 0.6) is 0 Å². The van der Waals surface area contributed by atoms with Crippen molar-refractivity contribution in [2.24, 2.45) is 53.3 Å². The number of rotatable bonds is 7. The highest BCUT2D eigenvalue weighted by molar-refractivity contribution is 5.78. The normalized spacial score (nSPS) is 51.1. The maximum Gasteiger partial charge on any atom is 0.223 e. The topological polar surface area (TPSA) is 103 Å². The molecule has 4 bridgehead atoms. The molecule has 0 radical (unpaired) electrons. The first kappa shape index (κ1) is 36.0. The summed E-state index contributed by atoms with van der Waals surface area (Å²) >= 11 is 0. The lowest BCUT2D eigenvalue weighted by molar-refractivity contribution is -0.571. The fourth-order valence-corrected chi connectivity index (χ4v) is 12.3. The molecular formula is C41H58FNO9. The van der Waals surface area contributed by atoms with E-state index in [9.17, 15) is 9.18 Å². The highest BCUT2D eigenvalue weighted by Crippen LogP contribution is 2.63. The molecule has 10 fully saturated rings. The van der Waals surface area contributed by atoms with Crippen LogP contribution in [0.3, 0.4) is 0 Å². The van der Waals surface area contributed by atoms with E-state index in [0.717, 1.165) is 56.9 Å². The molecule has 11 rings (SSSR count). The second-order valence-electron chi connectivity index (χ2n) is 18.4. The Labute approximate surface area is 307 Å². The van der Waals surface area contributed by atoms with E-state index in [-0.39, 0.29) is 59.4 Å². The molecule has 8 heterocycles. The average Bonchev–Trinajstić information content (AvgIpc) is 3.49. The predicted molar refractivity (Wildman–Crippen MR) is 185 cm³/mol. The van der Waals surface area contributed by atoms with Crippen LogP contribution in [-0.2, 0) is 49.8 Å². The molecule has 52 heavy (non-hydrogen) atoms. The van der Waals surface area contributed by atoms with Crippen molar-refractivity contribution in [3.63, 3.8) is 0 Å². The molecule has 2 unspecified atom stereocenters. The van der Waals surface area contributed by atoms with Crippen LogP contribution >= 0.6 is 0 Å². The van der Waals surface area contributed by atoms with Crippen molar-refractivity contribution in [2.75, 3.05) is 0 Å². The molecule has 288 valence electrons. The van der Waals surface area contributed by atoms with Crippen LogP contribution in [0.25, 0.3) is 0 Å². The molecule has 16 atom stereocenters. The molecule has 10 aliphatic rings. The summed E-state index contributed by atoms with van der Waals surface area (Å²) in [4.78, 5) is 39.4. The predicted octanol–water partition coefficient (Wildman–Crippen LogP) is 7.34. The number of amides is 1. The Morgan fingerprint density at radius 1 is 0.712 bits per heavy atom. The molecule has 1 N–H and O–H groups in total. The van der Waals surface area contributed by atoms with E-state index < -0.39 is 41.3 Å². The van der Waals surface area contributed by atoms with Crippen LogP contribution in [0.15, 0.2) is 24.3 Å². The lowest BCUT2D eigenvalue weighted by Gasteiger charge is -2.61. The SMILES string of the molecule is C[C@H]1[C@@H](CC(C[C@H]2O[C@@H]3OC4(C)CC[C@H]5[C@H](C)CC[C@@H]([C@H]2C)[C@@]35OO4)C(=O)NCc2ccc(F)cc2)O[C@@H]2OC3(C)CC[C@H]4[C@H](C)CC[C@@H]1[C@@]24OO3. The maximum atomic E-state index is 14.4. The van der Waals surface area contributed by atoms with Crippen LogP contribution < -0.4 is 5.32 Å². The second kappa shape index (κ2) is 12.9. The molecule has 1 aromatic carbocycles. The molecule has 10 nitrogen and oxygen atoms in total. The van der Waals surface area contributed by atoms with E-state index >= 15 is 0 Å². The van der Waals surface area contributed by atoms with Gasteiger partial charge in [0.05, 0.1) is 12.2 Å². The van der Waals surface area contributed by atoms with E-state index in [1.54, 1.807) is 12.1 Å². The Morgan fingerprint density at radius 3 is 1.67 bits per heavy atom. The van der Waals surface area contributed by atoms with Gasteiger partial charge < -0.3 is 24.3 Å². The lowest BCUT2D eigenvalue weighted by atomic mass is 9.56. The molecule has 2 spiro atoms. The number of halogens is 1. The standard InChI is InChI=1S/C41H58FNO9/c1-22-7-13-31-24(3)33(45-36-40(31)29(22)15-17-38(5,47-36)49-51-40)19-27(35(44)43-21-26-9-11-28(42)12-10-26)20-34-25(4)32-14-8-23(2)30-16-18-39(6)48-37(46-34)41(30,32)52-50-39/h9-12,22-25,27,29-34,36-37H,7-8,13-21H2,1-6H3,(H,43,44)/t22-,23-,24-,25-,27?,29+,30+,31+,32+,33-,34-,36-,37-,38?,39?,40-,41-/m1/s1. The van der Waals surface area contributed by atoms with Gasteiger partial charge in [0, 0.05) is 37.1 Å². The highest BCUT2D eigenvalue weighted by Gasteiger charge is 2.71. The zero-order valence-corrected chi connectivity index (χ0v) is 31.6. The summed E-state index contributed by atoms with van der Waals surface area (Å²) in [7, 11) is 0. The summed E-state index contributed by atoms with van der Waals surface area (Å²) < 4.78 is 41.1. The van der Waals surface area contributed by atoms with Crippen molar-refractivity contribution in [3.05, 3.63) is 35.6 Å². The van der Waals surface area contributed by atoms with Gasteiger partial charge in [0.15, 0.2) is 23.8 Å². The Balaban J connectivity index is 1.00. The van der Waals surface area contributed by atoms with Gasteiger partial charge in [0.1, 0.15) is 5.82 Å². The first-order valence-corrected chi connectivity index (χ1v) is 20.3. The largest absolute Gasteiger partial charge is 0.352 e. The number of hydrogen-bond donors (Lipinski definition) is 1. The third-order valence-electron chi connectivity index (χ3n) is 15.4. The monoisotopic (exact) mass is 727 g/mol. The van der Waals surface area contributed by atoms with E-state index in [1.165, 1.54) is 12.1 Å². The number of carbonyl (C=O) groups excluding carboxylic acids is 1. The fraction of sp³-hybridized carbons (Fsp3) is 0.829. The van der Waals surface area contributed by atoms with Crippen molar-refractivity contribution in [1.82, 2.24) is 5.32 Å². The van der Waals surface area contributed by atoms with Crippen LogP contribution in [0.4, 0.5) is 4.39 Å². The van der Waals surface area contributed by atoms with Crippen molar-refractivity contribution < 1.29 is 47.7 Å². The third kappa shape index (κ3) is 5.57. The van der Waals surface area contributed by atoms with Crippen molar-refractivity contribution in [3.8, 4) is 0 Å². The molecule has 0 aromatic heterocycles. The number of nitrogens with one attached hydrogen (secondary N) is 1. The smallest absolute Gasteiger partial charge is 0.223 e. The van der Waals surface area contributed by atoms with Crippen molar-refractivity contribution in [1.29, 1.82) is 0 Å². The van der Waals surface area contributed by atoms with E-state index in [0.29, 0.717) is 31.2 Å². The minimum absolute atomic E-state index is 0.0634. The van der Waals surface area contributed by atoms with Gasteiger partial charge in [-0.3, -0.25) is 4.79 Å². The molecule has 11 heteroatoms. The van der Waals surface area contributed by atoms with Gasteiger partial charge in [-0.1, -0.05) is 39.8 Å². The number of fused-ring (bicyclic) bond motifs is 4. The van der Waals surface area contributed by atoms with Crippen LogP contribution in [0.2, 0.25) is 0 Å². The first-order valence-electron chi connectivity index (χ1n) is 20.3. The quantitative estimate of drug-likeness (QED) is 0.289. The van der Waals surface area contributed by atoms with Gasteiger partial charge in [-0.15, -0.1) is 0 Å². The number of benzene rings is 1. The summed E-state index contributed by atoms with van der Waals surface area (Å²) in [6, 6.07) is 6.28. The Bertz CT molecular complexity index is 1440. The fourth-order valence-electron chi connectivity index (χ4n) is 12.3. The van der Waals surface area contributed by atoms with Crippen LogP contribution in [0, 0.1) is 59.1 Å². The van der Waals surface area contributed by atoms with Crippen LogP contribution in [-0.4, -0.2) is 53.5 Å². The summed E-state index contributed by atoms with van der Waals surface area (Å²) in [6.07, 6.45) is 7.03. The van der Waals surface area contributed by atoms with E-state index in [2.05, 4.69) is 33.0 Å². The molecule has 8 aliphatic heterocycles. The van der Waals surface area contributed by atoms with Gasteiger partial charge >= 0.3 is 0 Å². The van der Waals surface area contributed by atoms with Crippen LogP contribution in [0.1, 0.15) is 111 Å². The second-order valence-corrected chi connectivity index (χ2v) is 18.4. The molecule has 1 aromatic rings. The number of ether oxygens (including phenoxy) is 4.